The standard InChI is InChI=1S/C17H24N2O4/c1-2-21-17(20)8-12-7-13(18)11-19(10-12)14-3-4-15-16(9-14)23-6-5-22-15/h3-4,9,12-13H,2,5-8,10-11,18H2,1H3. The highest BCUT2D eigenvalue weighted by Gasteiger charge is 2.28. The largest absolute Gasteiger partial charge is 0.486 e. The number of fused-ring (bicyclic) bond motifs is 1. The smallest absolute Gasteiger partial charge is 0.306 e. The molecule has 6 heteroatoms. The first-order valence-corrected chi connectivity index (χ1v) is 8.21. The van der Waals surface area contributed by atoms with Gasteiger partial charge in [-0.3, -0.25) is 4.79 Å². The zero-order chi connectivity index (χ0) is 16.2. The molecule has 126 valence electrons. The number of esters is 1. The Morgan fingerprint density at radius 1 is 1.30 bits per heavy atom. The summed E-state index contributed by atoms with van der Waals surface area (Å²) < 4.78 is 16.3. The van der Waals surface area contributed by atoms with Crippen LogP contribution in [-0.4, -0.2) is 44.9 Å². The van der Waals surface area contributed by atoms with Crippen LogP contribution in [0.4, 0.5) is 5.69 Å². The van der Waals surface area contributed by atoms with Crippen LogP contribution < -0.4 is 20.1 Å². The fraction of sp³-hybridized carbons (Fsp3) is 0.588. The number of anilines is 1. The highest BCUT2D eigenvalue weighted by Crippen LogP contribution is 2.35. The van der Waals surface area contributed by atoms with Crippen molar-refractivity contribution in [3.63, 3.8) is 0 Å². The topological polar surface area (TPSA) is 74.0 Å². The van der Waals surface area contributed by atoms with Crippen LogP contribution in [0.5, 0.6) is 11.5 Å². The molecule has 1 aromatic carbocycles. The normalized spacial score (nSPS) is 23.5. The maximum absolute atomic E-state index is 11.7. The lowest BCUT2D eigenvalue weighted by molar-refractivity contribution is -0.144. The molecule has 0 aromatic heterocycles. The van der Waals surface area contributed by atoms with Crippen molar-refractivity contribution in [1.29, 1.82) is 0 Å². The van der Waals surface area contributed by atoms with Crippen molar-refractivity contribution in [3.05, 3.63) is 18.2 Å². The van der Waals surface area contributed by atoms with Crippen LogP contribution in [-0.2, 0) is 9.53 Å². The van der Waals surface area contributed by atoms with Crippen LogP contribution in [0.2, 0.25) is 0 Å². The minimum atomic E-state index is -0.145. The van der Waals surface area contributed by atoms with Gasteiger partial charge in [0.2, 0.25) is 0 Å². The first-order valence-electron chi connectivity index (χ1n) is 8.21. The van der Waals surface area contributed by atoms with E-state index in [0.29, 0.717) is 26.2 Å². The number of carbonyl (C=O) groups excluding carboxylic acids is 1. The zero-order valence-electron chi connectivity index (χ0n) is 13.5. The molecule has 0 spiro atoms. The molecule has 3 rings (SSSR count). The van der Waals surface area contributed by atoms with Crippen molar-refractivity contribution in [2.75, 3.05) is 37.8 Å². The fourth-order valence-electron chi connectivity index (χ4n) is 3.29. The number of carbonyl (C=O) groups is 1. The van der Waals surface area contributed by atoms with E-state index in [2.05, 4.69) is 4.90 Å². The zero-order valence-corrected chi connectivity index (χ0v) is 13.5. The number of hydrogen-bond acceptors (Lipinski definition) is 6. The van der Waals surface area contributed by atoms with Gasteiger partial charge in [-0.15, -0.1) is 0 Å². The molecule has 2 N–H and O–H groups in total. The summed E-state index contributed by atoms with van der Waals surface area (Å²) in [5.74, 6) is 1.62. The van der Waals surface area contributed by atoms with Crippen molar-refractivity contribution in [1.82, 2.24) is 0 Å². The molecule has 1 saturated heterocycles. The second-order valence-corrected chi connectivity index (χ2v) is 6.10. The third-order valence-corrected chi connectivity index (χ3v) is 4.22. The second kappa shape index (κ2) is 7.08. The van der Waals surface area contributed by atoms with Crippen molar-refractivity contribution in [2.24, 2.45) is 11.7 Å². The van der Waals surface area contributed by atoms with Gasteiger partial charge in [0.25, 0.3) is 0 Å². The molecule has 0 radical (unpaired) electrons. The lowest BCUT2D eigenvalue weighted by atomic mass is 9.91. The maximum Gasteiger partial charge on any atom is 0.306 e. The molecule has 2 unspecified atom stereocenters. The lowest BCUT2D eigenvalue weighted by Crippen LogP contribution is -2.47. The maximum atomic E-state index is 11.7. The molecule has 23 heavy (non-hydrogen) atoms. The third kappa shape index (κ3) is 3.88. The Labute approximate surface area is 136 Å². The summed E-state index contributed by atoms with van der Waals surface area (Å²) >= 11 is 0. The highest BCUT2D eigenvalue weighted by atomic mass is 16.6. The van der Waals surface area contributed by atoms with E-state index in [1.807, 2.05) is 25.1 Å². The number of benzene rings is 1. The minimum Gasteiger partial charge on any atom is -0.486 e. The van der Waals surface area contributed by atoms with E-state index in [-0.39, 0.29) is 17.9 Å². The van der Waals surface area contributed by atoms with Crippen LogP contribution >= 0.6 is 0 Å². The fourth-order valence-corrected chi connectivity index (χ4v) is 3.29. The molecule has 6 nitrogen and oxygen atoms in total. The van der Waals surface area contributed by atoms with Gasteiger partial charge < -0.3 is 24.8 Å². The molecule has 0 saturated carbocycles. The van der Waals surface area contributed by atoms with E-state index in [9.17, 15) is 4.79 Å². The van der Waals surface area contributed by atoms with E-state index in [4.69, 9.17) is 19.9 Å². The molecular weight excluding hydrogens is 296 g/mol. The summed E-state index contributed by atoms with van der Waals surface area (Å²) in [7, 11) is 0. The molecule has 2 aliphatic rings. The molecule has 2 aliphatic heterocycles. The van der Waals surface area contributed by atoms with E-state index in [0.717, 1.165) is 36.7 Å². The Morgan fingerprint density at radius 3 is 2.87 bits per heavy atom. The van der Waals surface area contributed by atoms with Crippen molar-refractivity contribution in [3.8, 4) is 11.5 Å². The summed E-state index contributed by atoms with van der Waals surface area (Å²) in [6.45, 7) is 4.98. The summed E-state index contributed by atoms with van der Waals surface area (Å²) in [4.78, 5) is 14.0. The molecule has 2 atom stereocenters. The quantitative estimate of drug-likeness (QED) is 0.849. The number of nitrogens with zero attached hydrogens (tertiary/aromatic N) is 1. The van der Waals surface area contributed by atoms with E-state index in [1.165, 1.54) is 0 Å². The van der Waals surface area contributed by atoms with Crippen LogP contribution in [0.15, 0.2) is 18.2 Å². The van der Waals surface area contributed by atoms with Gasteiger partial charge in [0.05, 0.1) is 13.0 Å². The van der Waals surface area contributed by atoms with Crippen LogP contribution in [0.3, 0.4) is 0 Å². The van der Waals surface area contributed by atoms with Gasteiger partial charge in [0, 0.05) is 30.9 Å². The summed E-state index contributed by atoms with van der Waals surface area (Å²) in [6, 6.07) is 6.00. The number of piperidine rings is 1. The monoisotopic (exact) mass is 320 g/mol. The predicted molar refractivity (Wildman–Crippen MR) is 87.0 cm³/mol. The molecular formula is C17H24N2O4. The second-order valence-electron chi connectivity index (χ2n) is 6.10. The average Bonchev–Trinajstić information content (AvgIpc) is 2.54. The Bertz CT molecular complexity index is 564. The summed E-state index contributed by atoms with van der Waals surface area (Å²) in [5, 5.41) is 0. The van der Waals surface area contributed by atoms with Gasteiger partial charge in [-0.2, -0.15) is 0 Å². The number of rotatable bonds is 4. The Morgan fingerprint density at radius 2 is 2.09 bits per heavy atom. The van der Waals surface area contributed by atoms with Crippen LogP contribution in [0.25, 0.3) is 0 Å². The SMILES string of the molecule is CCOC(=O)CC1CC(N)CN(c2ccc3c(c2)OCCO3)C1. The lowest BCUT2D eigenvalue weighted by Gasteiger charge is -2.37. The molecule has 2 heterocycles. The van der Waals surface area contributed by atoms with Gasteiger partial charge >= 0.3 is 5.97 Å². The molecule has 0 amide bonds. The van der Waals surface area contributed by atoms with E-state index < -0.39 is 0 Å². The van der Waals surface area contributed by atoms with Crippen molar-refractivity contribution >= 4 is 11.7 Å². The van der Waals surface area contributed by atoms with Gasteiger partial charge in [-0.1, -0.05) is 0 Å². The van der Waals surface area contributed by atoms with Crippen LogP contribution in [0, 0.1) is 5.92 Å². The molecule has 0 aliphatic carbocycles. The van der Waals surface area contributed by atoms with Gasteiger partial charge in [-0.05, 0) is 31.4 Å². The molecule has 1 fully saturated rings. The highest BCUT2D eigenvalue weighted by molar-refractivity contribution is 5.70. The van der Waals surface area contributed by atoms with E-state index >= 15 is 0 Å². The van der Waals surface area contributed by atoms with Crippen LogP contribution in [0.1, 0.15) is 19.8 Å². The Hall–Kier alpha value is -1.95. The average molecular weight is 320 g/mol. The minimum absolute atomic E-state index is 0.0522. The molecule has 1 aromatic rings. The number of nitrogens with two attached hydrogens (primary N) is 1. The number of hydrogen-bond donors (Lipinski definition) is 1. The summed E-state index contributed by atoms with van der Waals surface area (Å²) in [6.07, 6.45) is 1.27. The Balaban J connectivity index is 1.70. The third-order valence-electron chi connectivity index (χ3n) is 4.22. The predicted octanol–water partition coefficient (Wildman–Crippen LogP) is 1.56. The summed E-state index contributed by atoms with van der Waals surface area (Å²) in [5.41, 5.74) is 7.24. The van der Waals surface area contributed by atoms with Crippen molar-refractivity contribution in [2.45, 2.75) is 25.8 Å². The molecule has 0 bridgehead atoms. The first-order chi connectivity index (χ1) is 11.2. The van der Waals surface area contributed by atoms with Crippen molar-refractivity contribution < 1.29 is 19.0 Å². The van der Waals surface area contributed by atoms with E-state index in [1.54, 1.807) is 0 Å². The van der Waals surface area contributed by atoms with Gasteiger partial charge in [0.15, 0.2) is 11.5 Å². The first kappa shape index (κ1) is 15.9. The van der Waals surface area contributed by atoms with Gasteiger partial charge in [-0.25, -0.2) is 0 Å². The van der Waals surface area contributed by atoms with Gasteiger partial charge in [0.1, 0.15) is 13.2 Å². The Kier molecular flexibility index (Phi) is 4.91. The number of ether oxygens (including phenoxy) is 3.